The first-order valence-corrected chi connectivity index (χ1v) is 6.07. The Hall–Kier alpha value is -0.870. The predicted molar refractivity (Wildman–Crippen MR) is 52.7 cm³/mol. The van der Waals surface area contributed by atoms with Crippen molar-refractivity contribution in [3.8, 4) is 0 Å². The van der Waals surface area contributed by atoms with Crippen LogP contribution in [-0.2, 0) is 14.6 Å². The van der Waals surface area contributed by atoms with E-state index < -0.39 is 15.3 Å². The van der Waals surface area contributed by atoms with Crippen LogP contribution in [0.5, 0.6) is 0 Å². The highest BCUT2D eigenvalue weighted by atomic mass is 32.2. The number of aryl methyl sites for hydroxylation is 1. The Bertz CT molecular complexity index is 415. The summed E-state index contributed by atoms with van der Waals surface area (Å²) in [5, 5.41) is 0. The van der Waals surface area contributed by atoms with Crippen LogP contribution in [0.1, 0.15) is 12.0 Å². The van der Waals surface area contributed by atoms with Crippen LogP contribution in [0.3, 0.4) is 0 Å². The maximum absolute atomic E-state index is 11.8. The van der Waals surface area contributed by atoms with E-state index in [2.05, 4.69) is 0 Å². The van der Waals surface area contributed by atoms with Gasteiger partial charge in [-0.3, -0.25) is 0 Å². The zero-order valence-corrected chi connectivity index (χ0v) is 8.75. The third-order valence-corrected chi connectivity index (χ3v) is 4.35. The molecule has 1 aliphatic heterocycles. The minimum Gasteiger partial charge on any atom is -0.362 e. The molecule has 3 nitrogen and oxygen atoms in total. The van der Waals surface area contributed by atoms with Gasteiger partial charge in [0, 0.05) is 6.42 Å². The first kappa shape index (κ1) is 9.68. The van der Waals surface area contributed by atoms with E-state index in [0.29, 0.717) is 17.9 Å². The Labute approximate surface area is 83.6 Å². The van der Waals surface area contributed by atoms with Gasteiger partial charge in [-0.25, -0.2) is 8.42 Å². The van der Waals surface area contributed by atoms with Crippen LogP contribution in [0, 0.1) is 6.92 Å². The molecule has 0 aromatic heterocycles. The molecule has 0 saturated carbocycles. The van der Waals surface area contributed by atoms with Gasteiger partial charge in [-0.05, 0) is 19.1 Å². The van der Waals surface area contributed by atoms with Crippen LogP contribution in [0.4, 0.5) is 0 Å². The van der Waals surface area contributed by atoms with Gasteiger partial charge in [0.2, 0.25) is 9.84 Å². The van der Waals surface area contributed by atoms with E-state index in [1.165, 1.54) is 0 Å². The van der Waals surface area contributed by atoms with E-state index in [1.807, 2.05) is 6.92 Å². The highest BCUT2D eigenvalue weighted by Crippen LogP contribution is 2.25. The van der Waals surface area contributed by atoms with Gasteiger partial charge in [-0.1, -0.05) is 17.7 Å². The molecule has 0 radical (unpaired) electrons. The average Bonchev–Trinajstić information content (AvgIpc) is 2.00. The Kier molecular flexibility index (Phi) is 2.33. The van der Waals surface area contributed by atoms with Crippen molar-refractivity contribution in [2.75, 3.05) is 6.61 Å². The second kappa shape index (κ2) is 3.37. The summed E-state index contributed by atoms with van der Waals surface area (Å²) in [6, 6.07) is 6.86. The summed E-state index contributed by atoms with van der Waals surface area (Å²) in [6.07, 6.45) is 0.607. The molecule has 2 rings (SSSR count). The number of sulfone groups is 1. The van der Waals surface area contributed by atoms with E-state index in [-0.39, 0.29) is 0 Å². The zero-order valence-electron chi connectivity index (χ0n) is 7.93. The highest BCUT2D eigenvalue weighted by molar-refractivity contribution is 7.92. The molecular weight excluding hydrogens is 200 g/mol. The molecule has 1 heterocycles. The van der Waals surface area contributed by atoms with Crippen molar-refractivity contribution < 1.29 is 13.2 Å². The number of benzene rings is 1. The molecule has 1 aromatic rings. The fourth-order valence-electron chi connectivity index (χ4n) is 1.34. The standard InChI is InChI=1S/C10H12O3S/c1-8-2-4-9(5-3-8)14(11,12)10-6-7-13-10/h2-5,10H,6-7H2,1H3/t10-/m0/s1. The average molecular weight is 212 g/mol. The lowest BCUT2D eigenvalue weighted by molar-refractivity contribution is 0.00316. The smallest absolute Gasteiger partial charge is 0.205 e. The monoisotopic (exact) mass is 212 g/mol. The van der Waals surface area contributed by atoms with Crippen molar-refractivity contribution in [3.63, 3.8) is 0 Å². The molecule has 0 unspecified atom stereocenters. The molecule has 4 heteroatoms. The summed E-state index contributed by atoms with van der Waals surface area (Å²) in [6.45, 7) is 2.48. The second-order valence-electron chi connectivity index (χ2n) is 3.45. The van der Waals surface area contributed by atoms with E-state index in [9.17, 15) is 8.42 Å². The van der Waals surface area contributed by atoms with Gasteiger partial charge < -0.3 is 4.74 Å². The third kappa shape index (κ3) is 1.55. The maximum Gasteiger partial charge on any atom is 0.205 e. The van der Waals surface area contributed by atoms with Crippen LogP contribution < -0.4 is 0 Å². The molecule has 0 bridgehead atoms. The normalized spacial score (nSPS) is 21.6. The fraction of sp³-hybridized carbons (Fsp3) is 0.400. The molecule has 1 saturated heterocycles. The number of hydrogen-bond acceptors (Lipinski definition) is 3. The third-order valence-electron chi connectivity index (χ3n) is 2.35. The molecule has 0 amide bonds. The number of ether oxygens (including phenoxy) is 1. The van der Waals surface area contributed by atoms with E-state index >= 15 is 0 Å². The van der Waals surface area contributed by atoms with Crippen molar-refractivity contribution in [2.24, 2.45) is 0 Å². The SMILES string of the molecule is Cc1ccc(S(=O)(=O)[C@H]2CCO2)cc1. The molecule has 0 aliphatic carbocycles. The quantitative estimate of drug-likeness (QED) is 0.746. The first-order valence-electron chi connectivity index (χ1n) is 4.53. The molecule has 0 N–H and O–H groups in total. The van der Waals surface area contributed by atoms with Crippen molar-refractivity contribution in [1.29, 1.82) is 0 Å². The van der Waals surface area contributed by atoms with E-state index in [4.69, 9.17) is 4.74 Å². The summed E-state index contributed by atoms with van der Waals surface area (Å²) in [4.78, 5) is 0.354. The molecule has 1 atom stereocenters. The molecule has 1 fully saturated rings. The van der Waals surface area contributed by atoms with Crippen LogP contribution in [0.25, 0.3) is 0 Å². The molecule has 14 heavy (non-hydrogen) atoms. The van der Waals surface area contributed by atoms with Gasteiger partial charge >= 0.3 is 0 Å². The van der Waals surface area contributed by atoms with Crippen molar-refractivity contribution in [3.05, 3.63) is 29.8 Å². The van der Waals surface area contributed by atoms with Crippen molar-refractivity contribution >= 4 is 9.84 Å². The lowest BCUT2D eigenvalue weighted by Gasteiger charge is -2.25. The second-order valence-corrected chi connectivity index (χ2v) is 5.53. The topological polar surface area (TPSA) is 43.4 Å². The Morgan fingerprint density at radius 1 is 1.29 bits per heavy atom. The Morgan fingerprint density at radius 3 is 2.29 bits per heavy atom. The van der Waals surface area contributed by atoms with Crippen molar-refractivity contribution in [1.82, 2.24) is 0 Å². The van der Waals surface area contributed by atoms with Gasteiger partial charge in [0.15, 0.2) is 5.44 Å². The minimum absolute atomic E-state index is 0.354. The van der Waals surface area contributed by atoms with Gasteiger partial charge in [-0.2, -0.15) is 0 Å². The summed E-state index contributed by atoms with van der Waals surface area (Å²) < 4.78 is 28.6. The van der Waals surface area contributed by atoms with Crippen LogP contribution in [0.15, 0.2) is 29.2 Å². The Balaban J connectivity index is 2.34. The minimum atomic E-state index is -3.24. The number of rotatable bonds is 2. The van der Waals surface area contributed by atoms with Crippen molar-refractivity contribution in [2.45, 2.75) is 23.7 Å². The number of hydrogen-bond donors (Lipinski definition) is 0. The Morgan fingerprint density at radius 2 is 1.86 bits per heavy atom. The molecule has 1 aromatic carbocycles. The van der Waals surface area contributed by atoms with Crippen LogP contribution in [0.2, 0.25) is 0 Å². The summed E-state index contributed by atoms with van der Waals surface area (Å²) in [5.74, 6) is 0. The molecular formula is C10H12O3S. The van der Waals surface area contributed by atoms with E-state index in [0.717, 1.165) is 5.56 Å². The largest absolute Gasteiger partial charge is 0.362 e. The van der Waals surface area contributed by atoms with Crippen LogP contribution in [-0.4, -0.2) is 20.5 Å². The highest BCUT2D eigenvalue weighted by Gasteiger charge is 2.33. The maximum atomic E-state index is 11.8. The molecule has 0 spiro atoms. The fourth-order valence-corrected chi connectivity index (χ4v) is 2.84. The first-order chi connectivity index (χ1) is 6.60. The van der Waals surface area contributed by atoms with Crippen LogP contribution >= 0.6 is 0 Å². The lowest BCUT2D eigenvalue weighted by atomic mass is 10.2. The summed E-state index contributed by atoms with van der Waals surface area (Å²) >= 11 is 0. The summed E-state index contributed by atoms with van der Waals surface area (Å²) in [5.41, 5.74) is 0.434. The molecule has 1 aliphatic rings. The predicted octanol–water partition coefficient (Wildman–Crippen LogP) is 1.52. The zero-order chi connectivity index (χ0) is 10.2. The van der Waals surface area contributed by atoms with Gasteiger partial charge in [0.25, 0.3) is 0 Å². The van der Waals surface area contributed by atoms with Gasteiger partial charge in [0.05, 0.1) is 11.5 Å². The summed E-state index contributed by atoms with van der Waals surface area (Å²) in [7, 11) is -3.24. The lowest BCUT2D eigenvalue weighted by Crippen LogP contribution is -2.34. The van der Waals surface area contributed by atoms with Gasteiger partial charge in [-0.15, -0.1) is 0 Å². The molecule has 76 valence electrons. The van der Waals surface area contributed by atoms with Gasteiger partial charge in [0.1, 0.15) is 0 Å². The van der Waals surface area contributed by atoms with E-state index in [1.54, 1.807) is 24.3 Å².